The summed E-state index contributed by atoms with van der Waals surface area (Å²) in [6, 6.07) is 82.5. The molecule has 0 saturated carbocycles. The highest BCUT2D eigenvalue weighted by atomic mass is 32.2. The van der Waals surface area contributed by atoms with E-state index in [4.69, 9.17) is 0 Å². The van der Waals surface area contributed by atoms with Crippen molar-refractivity contribution in [3.63, 3.8) is 0 Å². The maximum Gasteiger partial charge on any atom is 0.252 e. The number of allylic oxidation sites excluding steroid dienone is 4. The standard InChI is InChI=1S/C85H53B2F8N5S/c1-52(88)20-15-26-57(89)51-96-73-38-13-11-30-63(73)86-65-49-66-79(50-75(65)100(85-71(94)36-19-37-72(85)95)77-46-61(45-76(96)81(77)86)98(58-27-9-4-10-28-58)83-67(90)32-17-33-68(83)91)101-80-48-62(47-78-82(80)87(66)64-31-12-14-39-74(64)99(78)84-69(92)34-18-35-70(84)93)97(59-42-40-55(41-43-59)53-21-5-2-6-22-53)60-29-16-25-56(44-60)54-23-7-3-8-24-54/h2-50H,1,51H2/b20-15-,57-26+. The first-order valence-electron chi connectivity index (χ1n) is 32.8. The molecule has 101 heavy (non-hydrogen) atoms. The number of rotatable bonds is 14. The summed E-state index contributed by atoms with van der Waals surface area (Å²) in [6.45, 7) is 1.38. The highest BCUT2D eigenvalue weighted by Gasteiger charge is 2.49. The minimum Gasteiger partial charge on any atom is -0.335 e. The number of hydrogen-bond donors (Lipinski definition) is 0. The van der Waals surface area contributed by atoms with Crippen LogP contribution in [0.5, 0.6) is 0 Å². The summed E-state index contributed by atoms with van der Waals surface area (Å²) in [5, 5.41) is 0. The van der Waals surface area contributed by atoms with Crippen molar-refractivity contribution in [1.29, 1.82) is 0 Å². The number of nitrogens with zero attached hydrogens (tertiary/aromatic N) is 5. The van der Waals surface area contributed by atoms with E-state index in [-0.39, 0.29) is 17.1 Å². The molecule has 0 spiro atoms. The fourth-order valence-corrected chi connectivity index (χ4v) is 16.2. The van der Waals surface area contributed by atoms with Crippen LogP contribution in [0.15, 0.2) is 325 Å². The van der Waals surface area contributed by atoms with Gasteiger partial charge in [0.25, 0.3) is 6.71 Å². The average Bonchev–Trinajstić information content (AvgIpc) is 0.690. The summed E-state index contributed by atoms with van der Waals surface area (Å²) in [5.74, 6) is -6.77. The van der Waals surface area contributed by atoms with Crippen LogP contribution < -0.4 is 57.3 Å². The topological polar surface area (TPSA) is 16.2 Å². The molecule has 0 radical (unpaired) electrons. The van der Waals surface area contributed by atoms with Gasteiger partial charge in [0.15, 0.2) is 0 Å². The molecule has 0 aromatic heterocycles. The van der Waals surface area contributed by atoms with Crippen molar-refractivity contribution in [2.24, 2.45) is 0 Å². The molecule has 0 fully saturated rings. The van der Waals surface area contributed by atoms with Gasteiger partial charge in [0.1, 0.15) is 63.6 Å². The number of fused-ring (bicyclic) bond motifs is 8. The number of benzene rings is 13. The Labute approximate surface area is 582 Å². The van der Waals surface area contributed by atoms with Crippen molar-refractivity contribution in [1.82, 2.24) is 0 Å². The molecular formula is C85H53B2F8N5S. The van der Waals surface area contributed by atoms with E-state index < -0.39 is 77.9 Å². The maximum atomic E-state index is 17.6. The van der Waals surface area contributed by atoms with Crippen molar-refractivity contribution in [2.45, 2.75) is 9.79 Å². The number of para-hydroxylation sites is 6. The lowest BCUT2D eigenvalue weighted by Gasteiger charge is -2.46. The van der Waals surface area contributed by atoms with E-state index in [0.29, 0.717) is 71.5 Å². The van der Waals surface area contributed by atoms with Crippen molar-refractivity contribution < 1.29 is 35.1 Å². The van der Waals surface area contributed by atoms with E-state index in [1.54, 1.807) is 52.3 Å². The van der Waals surface area contributed by atoms with Gasteiger partial charge >= 0.3 is 0 Å². The van der Waals surface area contributed by atoms with Crippen LogP contribution in [0.4, 0.5) is 115 Å². The van der Waals surface area contributed by atoms with Crippen LogP contribution in [0, 0.1) is 34.9 Å². The van der Waals surface area contributed by atoms with Gasteiger partial charge in [-0.2, -0.15) is 0 Å². The molecule has 0 aliphatic carbocycles. The van der Waals surface area contributed by atoms with Gasteiger partial charge in [0, 0.05) is 66.7 Å². The summed E-state index contributed by atoms with van der Waals surface area (Å²) in [7, 11) is 0. The smallest absolute Gasteiger partial charge is 0.252 e. The number of hydrogen-bond acceptors (Lipinski definition) is 6. The Balaban J connectivity index is 0.944. The van der Waals surface area contributed by atoms with E-state index in [1.165, 1.54) is 70.1 Å². The van der Waals surface area contributed by atoms with E-state index in [2.05, 4.69) is 72.1 Å². The van der Waals surface area contributed by atoms with E-state index >= 15 is 30.7 Å². The molecule has 0 saturated heterocycles. The van der Waals surface area contributed by atoms with Crippen LogP contribution in [-0.4, -0.2) is 20.0 Å². The highest BCUT2D eigenvalue weighted by molar-refractivity contribution is 8.00. The molecule has 4 heterocycles. The largest absolute Gasteiger partial charge is 0.335 e. The molecule has 17 rings (SSSR count). The summed E-state index contributed by atoms with van der Waals surface area (Å²) < 4.78 is 134. The van der Waals surface area contributed by atoms with Crippen LogP contribution in [-0.2, 0) is 0 Å². The third-order valence-electron chi connectivity index (χ3n) is 19.2. The predicted octanol–water partition coefficient (Wildman–Crippen LogP) is 20.2. The van der Waals surface area contributed by atoms with Gasteiger partial charge in [0.2, 0.25) is 6.71 Å². The van der Waals surface area contributed by atoms with Crippen LogP contribution in [0.25, 0.3) is 22.3 Å². The van der Waals surface area contributed by atoms with Crippen molar-refractivity contribution in [2.75, 3.05) is 31.0 Å². The lowest BCUT2D eigenvalue weighted by molar-refractivity contribution is 0.585. The third kappa shape index (κ3) is 10.8. The molecule has 13 aromatic carbocycles. The second-order valence-corrected chi connectivity index (χ2v) is 26.1. The van der Waals surface area contributed by atoms with Gasteiger partial charge in [-0.25, -0.2) is 35.1 Å². The van der Waals surface area contributed by atoms with Crippen molar-refractivity contribution >= 4 is 138 Å². The van der Waals surface area contributed by atoms with Gasteiger partial charge in [-0.3, -0.25) is 0 Å². The Hall–Kier alpha value is -12.0. The summed E-state index contributed by atoms with van der Waals surface area (Å²) in [6.07, 6.45) is 3.34. The molecule has 0 atom stereocenters. The molecular weight excluding hydrogens is 1300 g/mol. The first kappa shape index (κ1) is 62.5. The second-order valence-electron chi connectivity index (χ2n) is 25.0. The molecule has 0 N–H and O–H groups in total. The fraction of sp³-hybridized carbons (Fsp3) is 0.0118. The first-order valence-corrected chi connectivity index (χ1v) is 33.6. The molecule has 0 bridgehead atoms. The lowest BCUT2D eigenvalue weighted by Crippen LogP contribution is -2.65. The summed E-state index contributed by atoms with van der Waals surface area (Å²) in [5.41, 5.74) is 11.8. The van der Waals surface area contributed by atoms with Crippen molar-refractivity contribution in [3.8, 4) is 22.3 Å². The zero-order chi connectivity index (χ0) is 68.7. The molecule has 5 nitrogen and oxygen atoms in total. The molecule has 0 unspecified atom stereocenters. The second kappa shape index (κ2) is 25.4. The van der Waals surface area contributed by atoms with Gasteiger partial charge in [0.05, 0.1) is 12.2 Å². The van der Waals surface area contributed by atoms with Crippen LogP contribution in [0.2, 0.25) is 0 Å². The van der Waals surface area contributed by atoms with Gasteiger partial charge in [-0.15, -0.1) is 0 Å². The zero-order valence-electron chi connectivity index (χ0n) is 53.5. The van der Waals surface area contributed by atoms with Crippen molar-refractivity contribution in [3.05, 3.63) is 350 Å². The average molecular weight is 1350 g/mol. The molecule has 0 amide bonds. The molecule has 4 aliphatic rings. The molecule has 486 valence electrons. The van der Waals surface area contributed by atoms with Crippen LogP contribution in [0.3, 0.4) is 0 Å². The Kier molecular flexibility index (Phi) is 15.7. The monoisotopic (exact) mass is 1350 g/mol. The van der Waals surface area contributed by atoms with Crippen LogP contribution >= 0.6 is 11.8 Å². The van der Waals surface area contributed by atoms with E-state index in [1.807, 2.05) is 121 Å². The van der Waals surface area contributed by atoms with Crippen LogP contribution in [0.1, 0.15) is 0 Å². The fourth-order valence-electron chi connectivity index (χ4n) is 15.0. The third-order valence-corrected chi connectivity index (χ3v) is 20.3. The Morgan fingerprint density at radius 3 is 1.48 bits per heavy atom. The molecule has 16 heteroatoms. The first-order chi connectivity index (χ1) is 49.3. The quantitative estimate of drug-likeness (QED) is 0.0608. The minimum atomic E-state index is -0.934. The Morgan fingerprint density at radius 2 is 0.842 bits per heavy atom. The normalized spacial score (nSPS) is 13.1. The molecule has 4 aliphatic heterocycles. The summed E-state index contributed by atoms with van der Waals surface area (Å²) in [4.78, 5) is 9.83. The number of halogens is 8. The predicted molar refractivity (Wildman–Crippen MR) is 398 cm³/mol. The minimum absolute atomic E-state index is 0.143. The summed E-state index contributed by atoms with van der Waals surface area (Å²) >= 11 is 1.41. The number of anilines is 14. The van der Waals surface area contributed by atoms with Gasteiger partial charge < -0.3 is 24.5 Å². The SMILES string of the molecule is C=C(F)/C=C\C=C(\F)CN1c2ccccc2B2c3cc4c(cc3N(c3c(F)cccc3F)c3cc(N(c5ccccc5)c5c(F)cccc5F)cc1c32)Sc1cc(N(c2ccc(-c3ccccc3)cc2)c2cccc(-c3ccccc3)c2)cc2c1B4c1ccccc1N2c1c(F)cccc1F. The zero-order valence-corrected chi connectivity index (χ0v) is 54.3. The maximum absolute atomic E-state index is 17.6. The molecule has 13 aromatic rings. The van der Waals surface area contributed by atoms with E-state index in [0.717, 1.165) is 68.8 Å². The van der Waals surface area contributed by atoms with Gasteiger partial charge in [-0.1, -0.05) is 194 Å². The van der Waals surface area contributed by atoms with E-state index in [9.17, 15) is 4.39 Å². The highest BCUT2D eigenvalue weighted by Crippen LogP contribution is 2.52. The Bertz CT molecular complexity index is 5510. The lowest BCUT2D eigenvalue weighted by atomic mass is 9.31. The van der Waals surface area contributed by atoms with Gasteiger partial charge in [-0.05, 0) is 177 Å². The Morgan fingerprint density at radius 1 is 0.366 bits per heavy atom.